The molecular weight excluding hydrogens is 324 g/mol. The van der Waals surface area contributed by atoms with Gasteiger partial charge in [0.25, 0.3) is 5.91 Å². The third kappa shape index (κ3) is 5.08. The van der Waals surface area contributed by atoms with E-state index in [9.17, 15) is 19.2 Å². The molecule has 1 aliphatic rings. The van der Waals surface area contributed by atoms with Crippen LogP contribution in [-0.2, 0) is 14.4 Å². The Kier molecular flexibility index (Phi) is 7.78. The Morgan fingerprint density at radius 1 is 1.13 bits per heavy atom. The van der Waals surface area contributed by atoms with Crippen LogP contribution in [0.1, 0.15) is 19.3 Å². The first kappa shape index (κ1) is 19.2. The topological polar surface area (TPSA) is 151 Å². The summed E-state index contributed by atoms with van der Waals surface area (Å²) in [4.78, 5) is 49.7. The molecular formula is C12H22N6O4S. The van der Waals surface area contributed by atoms with Gasteiger partial charge in [0.1, 0.15) is 6.04 Å². The van der Waals surface area contributed by atoms with E-state index in [1.54, 1.807) is 11.8 Å². The van der Waals surface area contributed by atoms with E-state index in [4.69, 9.17) is 11.7 Å². The van der Waals surface area contributed by atoms with E-state index >= 15 is 0 Å². The summed E-state index contributed by atoms with van der Waals surface area (Å²) >= 11 is 1.56. The summed E-state index contributed by atoms with van der Waals surface area (Å²) in [6, 6.07) is -1.13. The van der Waals surface area contributed by atoms with Crippen LogP contribution in [0.4, 0.5) is 4.79 Å². The van der Waals surface area contributed by atoms with Gasteiger partial charge in [-0.15, -0.1) is 0 Å². The second-order valence-corrected chi connectivity index (χ2v) is 5.88. The molecule has 23 heavy (non-hydrogen) atoms. The van der Waals surface area contributed by atoms with E-state index in [0.717, 1.165) is 4.90 Å². The predicted molar refractivity (Wildman–Crippen MR) is 84.5 cm³/mol. The van der Waals surface area contributed by atoms with E-state index in [0.29, 0.717) is 12.2 Å². The number of rotatable bonds is 9. The highest BCUT2D eigenvalue weighted by Crippen LogP contribution is 2.22. The standard InChI is InChI=1S/C12H22N6O4S/c1-23-7-4-8-11(21)18(6-3-10(20)16-14)12(22)17(8)5-2-9(19)15-13/h8H,2-7,13-14H2,1H3,(H,15,19)(H,16,20). The fraction of sp³-hybridized carbons (Fsp3) is 0.667. The van der Waals surface area contributed by atoms with Gasteiger partial charge in [-0.1, -0.05) is 0 Å². The number of nitrogens with zero attached hydrogens (tertiary/aromatic N) is 2. The Morgan fingerprint density at radius 2 is 1.70 bits per heavy atom. The van der Waals surface area contributed by atoms with Crippen molar-refractivity contribution in [1.29, 1.82) is 0 Å². The summed E-state index contributed by atoms with van der Waals surface area (Å²) in [5, 5.41) is 0. The van der Waals surface area contributed by atoms with E-state index in [-0.39, 0.29) is 31.8 Å². The summed E-state index contributed by atoms with van der Waals surface area (Å²) < 4.78 is 0. The smallest absolute Gasteiger partial charge is 0.312 e. The fourth-order valence-electron chi connectivity index (χ4n) is 2.24. The molecule has 10 nitrogen and oxygen atoms in total. The maximum Gasteiger partial charge on any atom is 0.327 e. The molecule has 0 aromatic carbocycles. The summed E-state index contributed by atoms with van der Waals surface area (Å²) in [5.41, 5.74) is 3.94. The monoisotopic (exact) mass is 346 g/mol. The first-order chi connectivity index (χ1) is 11.0. The molecule has 0 saturated carbocycles. The maximum absolute atomic E-state index is 12.4. The van der Waals surface area contributed by atoms with Crippen LogP contribution in [0, 0.1) is 0 Å². The molecule has 5 amide bonds. The zero-order chi connectivity index (χ0) is 17.4. The molecule has 11 heteroatoms. The summed E-state index contributed by atoms with van der Waals surface area (Å²) in [6.45, 7) is 0.0439. The molecule has 1 aliphatic heterocycles. The van der Waals surface area contributed by atoms with E-state index in [2.05, 4.69) is 0 Å². The normalized spacial score (nSPS) is 17.6. The zero-order valence-electron chi connectivity index (χ0n) is 12.9. The average Bonchev–Trinajstić information content (AvgIpc) is 2.78. The van der Waals surface area contributed by atoms with Gasteiger partial charge in [0.05, 0.1) is 0 Å². The lowest BCUT2D eigenvalue weighted by molar-refractivity contribution is -0.129. The second-order valence-electron chi connectivity index (χ2n) is 4.90. The highest BCUT2D eigenvalue weighted by atomic mass is 32.2. The van der Waals surface area contributed by atoms with Gasteiger partial charge < -0.3 is 4.90 Å². The maximum atomic E-state index is 12.4. The molecule has 0 radical (unpaired) electrons. The Bertz CT molecular complexity index is 474. The number of nitrogens with two attached hydrogens (primary N) is 2. The third-order valence-electron chi connectivity index (χ3n) is 3.46. The van der Waals surface area contributed by atoms with Crippen molar-refractivity contribution in [3.8, 4) is 0 Å². The molecule has 0 bridgehead atoms. The molecule has 1 unspecified atom stereocenters. The van der Waals surface area contributed by atoms with Crippen molar-refractivity contribution >= 4 is 35.5 Å². The van der Waals surface area contributed by atoms with Gasteiger partial charge in [-0.25, -0.2) is 16.5 Å². The lowest BCUT2D eigenvalue weighted by Crippen LogP contribution is -2.40. The largest absolute Gasteiger partial charge is 0.327 e. The van der Waals surface area contributed by atoms with E-state index < -0.39 is 23.9 Å². The van der Waals surface area contributed by atoms with Crippen molar-refractivity contribution in [3.05, 3.63) is 0 Å². The number of carbonyl (C=O) groups excluding carboxylic acids is 4. The molecule has 1 heterocycles. The molecule has 1 fully saturated rings. The SMILES string of the molecule is CSCCC1C(=O)N(CCC(=O)NN)C(=O)N1CCC(=O)NN. The molecule has 0 spiro atoms. The Labute approximate surface area is 138 Å². The predicted octanol–water partition coefficient (Wildman–Crippen LogP) is -1.87. The molecule has 0 aromatic heterocycles. The van der Waals surface area contributed by atoms with Crippen LogP contribution < -0.4 is 22.5 Å². The van der Waals surface area contributed by atoms with Crippen molar-refractivity contribution in [2.24, 2.45) is 11.7 Å². The zero-order valence-corrected chi connectivity index (χ0v) is 13.7. The number of urea groups is 1. The van der Waals surface area contributed by atoms with Gasteiger partial charge >= 0.3 is 6.03 Å². The van der Waals surface area contributed by atoms with Crippen LogP contribution in [0.2, 0.25) is 0 Å². The van der Waals surface area contributed by atoms with Crippen LogP contribution in [0.15, 0.2) is 0 Å². The van der Waals surface area contributed by atoms with Crippen molar-refractivity contribution in [3.63, 3.8) is 0 Å². The minimum absolute atomic E-state index is 0.00239. The molecule has 0 aromatic rings. The van der Waals surface area contributed by atoms with Crippen LogP contribution in [0.5, 0.6) is 0 Å². The quantitative estimate of drug-likeness (QED) is 0.165. The number of carbonyl (C=O) groups is 4. The molecule has 130 valence electrons. The van der Waals surface area contributed by atoms with Gasteiger partial charge in [0.15, 0.2) is 0 Å². The highest BCUT2D eigenvalue weighted by molar-refractivity contribution is 7.98. The fourth-order valence-corrected chi connectivity index (χ4v) is 2.70. The lowest BCUT2D eigenvalue weighted by atomic mass is 10.2. The summed E-state index contributed by atoms with van der Waals surface area (Å²) in [6.07, 6.45) is 2.31. The second kappa shape index (κ2) is 9.33. The van der Waals surface area contributed by atoms with Crippen LogP contribution in [-0.4, -0.2) is 64.7 Å². The van der Waals surface area contributed by atoms with E-state index in [1.807, 2.05) is 17.1 Å². The number of hydrogen-bond donors (Lipinski definition) is 4. The van der Waals surface area contributed by atoms with Crippen molar-refractivity contribution in [1.82, 2.24) is 20.7 Å². The highest BCUT2D eigenvalue weighted by Gasteiger charge is 2.44. The summed E-state index contributed by atoms with van der Waals surface area (Å²) in [7, 11) is 0. The number of hydrogen-bond acceptors (Lipinski definition) is 7. The number of thioether (sulfide) groups is 1. The van der Waals surface area contributed by atoms with Crippen molar-refractivity contribution in [2.45, 2.75) is 25.3 Å². The Morgan fingerprint density at radius 3 is 2.22 bits per heavy atom. The van der Waals surface area contributed by atoms with Crippen LogP contribution in [0.3, 0.4) is 0 Å². The van der Waals surface area contributed by atoms with Gasteiger partial charge in [-0.05, 0) is 18.4 Å². The van der Waals surface area contributed by atoms with Crippen molar-refractivity contribution < 1.29 is 19.2 Å². The van der Waals surface area contributed by atoms with Gasteiger partial charge in [0.2, 0.25) is 11.8 Å². The molecule has 1 rings (SSSR count). The number of nitrogens with one attached hydrogen (secondary N) is 2. The first-order valence-corrected chi connectivity index (χ1v) is 8.45. The third-order valence-corrected chi connectivity index (χ3v) is 4.11. The van der Waals surface area contributed by atoms with Crippen LogP contribution in [0.25, 0.3) is 0 Å². The number of amides is 5. The molecule has 1 atom stereocenters. The van der Waals surface area contributed by atoms with Gasteiger partial charge in [0, 0.05) is 25.9 Å². The summed E-state index contributed by atoms with van der Waals surface area (Å²) in [5.74, 6) is 9.45. The van der Waals surface area contributed by atoms with Crippen molar-refractivity contribution in [2.75, 3.05) is 25.1 Å². The Balaban J connectivity index is 2.78. The van der Waals surface area contributed by atoms with Crippen LogP contribution >= 0.6 is 11.8 Å². The minimum Gasteiger partial charge on any atom is -0.312 e. The number of hydrazine groups is 2. The molecule has 1 saturated heterocycles. The average molecular weight is 346 g/mol. The Hall–Kier alpha value is -1.85. The molecule has 6 N–H and O–H groups in total. The molecule has 0 aliphatic carbocycles. The number of imide groups is 1. The van der Waals surface area contributed by atoms with Gasteiger partial charge in [-0.3, -0.25) is 30.1 Å². The first-order valence-electron chi connectivity index (χ1n) is 7.06. The minimum atomic E-state index is -0.624. The van der Waals surface area contributed by atoms with E-state index in [1.165, 1.54) is 4.90 Å². The van der Waals surface area contributed by atoms with Gasteiger partial charge in [-0.2, -0.15) is 11.8 Å². The lowest BCUT2D eigenvalue weighted by Gasteiger charge is -2.21.